The number of nitrogens with zero attached hydrogens (tertiary/aromatic N) is 5. The predicted molar refractivity (Wildman–Crippen MR) is 120 cm³/mol. The first-order valence-corrected chi connectivity index (χ1v) is 11.2. The lowest BCUT2D eigenvalue weighted by atomic mass is 10.1. The molecular formula is C23H29N5O5. The summed E-state index contributed by atoms with van der Waals surface area (Å²) >= 11 is 0. The van der Waals surface area contributed by atoms with Crippen molar-refractivity contribution in [2.75, 3.05) is 26.4 Å². The van der Waals surface area contributed by atoms with Crippen LogP contribution in [-0.4, -0.2) is 64.0 Å². The van der Waals surface area contributed by atoms with Gasteiger partial charge in [0.05, 0.1) is 0 Å². The topological polar surface area (TPSA) is 110 Å². The highest BCUT2D eigenvalue weighted by atomic mass is 16.7. The van der Waals surface area contributed by atoms with Gasteiger partial charge in [-0.3, -0.25) is 9.59 Å². The summed E-state index contributed by atoms with van der Waals surface area (Å²) < 4.78 is 16.2. The number of carbonyl (C=O) groups is 2. The molecule has 0 aliphatic carbocycles. The van der Waals surface area contributed by atoms with Crippen molar-refractivity contribution in [1.82, 2.24) is 20.0 Å². The highest BCUT2D eigenvalue weighted by Gasteiger charge is 2.28. The van der Waals surface area contributed by atoms with Gasteiger partial charge in [0.1, 0.15) is 12.3 Å². The SMILES string of the molecule is CC(C)CN(CC(C)C)C(=O)CN1N=C(c2nc(-c3ccc4c(c3)OCO4)no2)CCC1=O. The van der Waals surface area contributed by atoms with Crippen LogP contribution in [0.15, 0.2) is 27.8 Å². The molecule has 10 nitrogen and oxygen atoms in total. The van der Waals surface area contributed by atoms with Crippen LogP contribution in [0.1, 0.15) is 46.4 Å². The Morgan fingerprint density at radius 3 is 2.55 bits per heavy atom. The van der Waals surface area contributed by atoms with Crippen molar-refractivity contribution in [3.05, 3.63) is 24.1 Å². The molecular weight excluding hydrogens is 426 g/mol. The Morgan fingerprint density at radius 2 is 1.82 bits per heavy atom. The maximum Gasteiger partial charge on any atom is 0.274 e. The number of hydrogen-bond donors (Lipinski definition) is 0. The van der Waals surface area contributed by atoms with E-state index in [1.165, 1.54) is 5.01 Å². The Morgan fingerprint density at radius 1 is 1.09 bits per heavy atom. The third-order valence-corrected chi connectivity index (χ3v) is 5.22. The molecule has 0 N–H and O–H groups in total. The van der Waals surface area contributed by atoms with Crippen LogP contribution < -0.4 is 9.47 Å². The number of benzene rings is 1. The van der Waals surface area contributed by atoms with Crippen molar-refractivity contribution in [2.24, 2.45) is 16.9 Å². The zero-order chi connectivity index (χ0) is 23.5. The number of hydrazone groups is 1. The second-order valence-corrected chi connectivity index (χ2v) is 9.08. The number of rotatable bonds is 8. The maximum absolute atomic E-state index is 12.9. The van der Waals surface area contributed by atoms with Crippen LogP contribution in [0.3, 0.4) is 0 Å². The molecule has 2 amide bonds. The molecule has 3 heterocycles. The van der Waals surface area contributed by atoms with Gasteiger partial charge in [0, 0.05) is 31.5 Å². The van der Waals surface area contributed by atoms with E-state index >= 15 is 0 Å². The van der Waals surface area contributed by atoms with Gasteiger partial charge in [-0.15, -0.1) is 0 Å². The van der Waals surface area contributed by atoms with E-state index in [0.29, 0.717) is 59.9 Å². The first-order valence-electron chi connectivity index (χ1n) is 11.2. The fourth-order valence-electron chi connectivity index (χ4n) is 3.76. The molecule has 0 atom stereocenters. The normalized spacial score (nSPS) is 15.4. The minimum absolute atomic E-state index is 0.106. The van der Waals surface area contributed by atoms with E-state index in [0.717, 1.165) is 0 Å². The number of fused-ring (bicyclic) bond motifs is 1. The van der Waals surface area contributed by atoms with Crippen LogP contribution in [0.4, 0.5) is 0 Å². The van der Waals surface area contributed by atoms with Crippen LogP contribution in [-0.2, 0) is 9.59 Å². The summed E-state index contributed by atoms with van der Waals surface area (Å²) in [5.74, 6) is 2.24. The summed E-state index contributed by atoms with van der Waals surface area (Å²) in [5, 5.41) is 9.66. The van der Waals surface area contributed by atoms with Gasteiger partial charge < -0.3 is 18.9 Å². The van der Waals surface area contributed by atoms with Crippen molar-refractivity contribution < 1.29 is 23.6 Å². The van der Waals surface area contributed by atoms with Gasteiger partial charge in [-0.1, -0.05) is 32.9 Å². The molecule has 0 fully saturated rings. The van der Waals surface area contributed by atoms with E-state index in [1.54, 1.807) is 17.0 Å². The van der Waals surface area contributed by atoms with E-state index in [9.17, 15) is 9.59 Å². The van der Waals surface area contributed by atoms with Gasteiger partial charge in [0.15, 0.2) is 11.5 Å². The molecule has 2 aliphatic rings. The average molecular weight is 456 g/mol. The lowest BCUT2D eigenvalue weighted by Gasteiger charge is -2.29. The molecule has 10 heteroatoms. The van der Waals surface area contributed by atoms with Gasteiger partial charge in [-0.2, -0.15) is 10.1 Å². The summed E-state index contributed by atoms with van der Waals surface area (Å²) in [6.45, 7) is 9.61. The lowest BCUT2D eigenvalue weighted by molar-refractivity contribution is -0.141. The van der Waals surface area contributed by atoms with Crippen molar-refractivity contribution in [1.29, 1.82) is 0 Å². The third-order valence-electron chi connectivity index (χ3n) is 5.22. The standard InChI is InChI=1S/C23H29N5O5/c1-14(2)10-27(11-15(3)4)21(30)12-28-20(29)8-6-17(25-28)23-24-22(26-33-23)16-5-7-18-19(9-16)32-13-31-18/h5,7,9,14-15H,6,8,10-13H2,1-4H3. The molecule has 0 saturated heterocycles. The highest BCUT2D eigenvalue weighted by molar-refractivity contribution is 6.01. The van der Waals surface area contributed by atoms with Crippen LogP contribution in [0.25, 0.3) is 11.4 Å². The van der Waals surface area contributed by atoms with Crippen molar-refractivity contribution in [2.45, 2.75) is 40.5 Å². The molecule has 0 saturated carbocycles. The molecule has 0 bridgehead atoms. The summed E-state index contributed by atoms with van der Waals surface area (Å²) in [6, 6.07) is 5.39. The maximum atomic E-state index is 12.9. The smallest absolute Gasteiger partial charge is 0.274 e. The van der Waals surface area contributed by atoms with Gasteiger partial charge >= 0.3 is 0 Å². The molecule has 176 valence electrons. The Labute approximate surface area is 192 Å². The molecule has 2 aliphatic heterocycles. The quantitative estimate of drug-likeness (QED) is 0.602. The first-order chi connectivity index (χ1) is 15.8. The number of aromatic nitrogens is 2. The first kappa shape index (κ1) is 22.8. The van der Waals surface area contributed by atoms with Crippen molar-refractivity contribution in [3.8, 4) is 22.9 Å². The van der Waals surface area contributed by atoms with E-state index < -0.39 is 0 Å². The second kappa shape index (κ2) is 9.60. The van der Waals surface area contributed by atoms with E-state index in [1.807, 2.05) is 6.07 Å². The average Bonchev–Trinajstić information content (AvgIpc) is 3.43. The van der Waals surface area contributed by atoms with E-state index in [2.05, 4.69) is 42.9 Å². The molecule has 4 rings (SSSR count). The van der Waals surface area contributed by atoms with Crippen LogP contribution in [0.2, 0.25) is 0 Å². The number of ether oxygens (including phenoxy) is 2. The Bertz CT molecular complexity index is 1050. The summed E-state index contributed by atoms with van der Waals surface area (Å²) in [4.78, 5) is 31.7. The Balaban J connectivity index is 1.50. The molecule has 33 heavy (non-hydrogen) atoms. The molecule has 0 unspecified atom stereocenters. The summed E-state index contributed by atoms with van der Waals surface area (Å²) in [6.07, 6.45) is 0.593. The summed E-state index contributed by atoms with van der Waals surface area (Å²) in [5.41, 5.74) is 1.20. The number of amides is 2. The minimum atomic E-state index is -0.198. The van der Waals surface area contributed by atoms with Crippen molar-refractivity contribution >= 4 is 17.5 Å². The predicted octanol–water partition coefficient (Wildman–Crippen LogP) is 2.93. The number of hydrogen-bond acceptors (Lipinski definition) is 8. The van der Waals surface area contributed by atoms with E-state index in [-0.39, 0.29) is 37.5 Å². The molecule has 1 aromatic carbocycles. The third kappa shape index (κ3) is 5.32. The van der Waals surface area contributed by atoms with Crippen molar-refractivity contribution in [3.63, 3.8) is 0 Å². The fourth-order valence-corrected chi connectivity index (χ4v) is 3.76. The molecule has 0 spiro atoms. The zero-order valence-electron chi connectivity index (χ0n) is 19.4. The summed E-state index contributed by atoms with van der Waals surface area (Å²) in [7, 11) is 0. The Hall–Kier alpha value is -3.43. The van der Waals surface area contributed by atoms with Gasteiger partial charge in [-0.25, -0.2) is 5.01 Å². The molecule has 0 radical (unpaired) electrons. The lowest BCUT2D eigenvalue weighted by Crippen LogP contribution is -2.45. The molecule has 2 aromatic rings. The zero-order valence-corrected chi connectivity index (χ0v) is 19.4. The van der Waals surface area contributed by atoms with Gasteiger partial charge in [0.2, 0.25) is 24.4 Å². The van der Waals surface area contributed by atoms with Crippen LogP contribution >= 0.6 is 0 Å². The fraction of sp³-hybridized carbons (Fsp3) is 0.522. The monoisotopic (exact) mass is 455 g/mol. The minimum Gasteiger partial charge on any atom is -0.454 e. The van der Waals surface area contributed by atoms with Gasteiger partial charge in [-0.05, 0) is 30.0 Å². The Kier molecular flexibility index (Phi) is 6.62. The largest absolute Gasteiger partial charge is 0.454 e. The molecule has 1 aromatic heterocycles. The van der Waals surface area contributed by atoms with Crippen LogP contribution in [0.5, 0.6) is 11.5 Å². The second-order valence-electron chi connectivity index (χ2n) is 9.08. The van der Waals surface area contributed by atoms with Gasteiger partial charge in [0.25, 0.3) is 5.89 Å². The van der Waals surface area contributed by atoms with E-state index in [4.69, 9.17) is 14.0 Å². The highest BCUT2D eigenvalue weighted by Crippen LogP contribution is 2.35. The number of carbonyl (C=O) groups excluding carboxylic acids is 2. The van der Waals surface area contributed by atoms with Crippen LogP contribution in [0, 0.1) is 11.8 Å².